The molecule has 2 aromatic heterocycles. The highest BCUT2D eigenvalue weighted by molar-refractivity contribution is 6.09. The van der Waals surface area contributed by atoms with E-state index in [9.17, 15) is 0 Å². The monoisotopic (exact) mass is 588 g/mol. The quantitative estimate of drug-likeness (QED) is 0.194. The number of para-hydroxylation sites is 2. The second kappa shape index (κ2) is 11.6. The van der Waals surface area contributed by atoms with E-state index in [-0.39, 0.29) is 0 Å². The molecule has 216 valence electrons. The fraction of sp³-hybridized carbons (Fsp3) is 0. The van der Waals surface area contributed by atoms with Gasteiger partial charge in [0.1, 0.15) is 5.65 Å². The molecule has 6 aromatic carbocycles. The molecule has 2 heterocycles. The lowest BCUT2D eigenvalue weighted by Gasteiger charge is -2.25. The minimum atomic E-state index is 0.667. The van der Waals surface area contributed by atoms with E-state index in [4.69, 9.17) is 10.2 Å². The van der Waals surface area contributed by atoms with Crippen molar-refractivity contribution in [3.63, 3.8) is 0 Å². The smallest absolute Gasteiger partial charge is 0.145 e. The standard InChI is InChI=1S/C42H28N4/c43-29-30-13-15-31(16-14-30)32-17-19-33(20-18-32)34-21-23-37(24-22-34)46-41-26-25-38(28-40(41)39-12-7-27-44-42(39)46)45(35-8-3-1-4-9-35)36-10-5-2-6-11-36/h1-28H. The largest absolute Gasteiger partial charge is 0.310 e. The molecule has 0 aliphatic rings. The van der Waals surface area contributed by atoms with Gasteiger partial charge in [-0.1, -0.05) is 84.9 Å². The van der Waals surface area contributed by atoms with Gasteiger partial charge in [-0.15, -0.1) is 0 Å². The second-order valence-electron chi connectivity index (χ2n) is 11.2. The zero-order chi connectivity index (χ0) is 30.9. The van der Waals surface area contributed by atoms with Crippen molar-refractivity contribution in [3.05, 3.63) is 176 Å². The molecule has 4 heteroatoms. The first-order chi connectivity index (χ1) is 22.8. The van der Waals surface area contributed by atoms with Gasteiger partial charge in [0.05, 0.1) is 17.1 Å². The van der Waals surface area contributed by atoms with Gasteiger partial charge >= 0.3 is 0 Å². The number of nitriles is 1. The van der Waals surface area contributed by atoms with Crippen LogP contribution in [0.15, 0.2) is 170 Å². The van der Waals surface area contributed by atoms with Gasteiger partial charge in [0.15, 0.2) is 0 Å². The third-order valence-electron chi connectivity index (χ3n) is 8.49. The van der Waals surface area contributed by atoms with Crippen LogP contribution in [-0.4, -0.2) is 9.55 Å². The van der Waals surface area contributed by atoms with Crippen LogP contribution in [0.3, 0.4) is 0 Å². The molecule has 46 heavy (non-hydrogen) atoms. The Bertz CT molecular complexity index is 2290. The number of hydrogen-bond donors (Lipinski definition) is 0. The summed E-state index contributed by atoms with van der Waals surface area (Å²) in [6, 6.07) is 59.0. The molecule has 0 aliphatic carbocycles. The number of benzene rings is 6. The van der Waals surface area contributed by atoms with Gasteiger partial charge < -0.3 is 4.90 Å². The molecule has 0 unspecified atom stereocenters. The lowest BCUT2D eigenvalue weighted by atomic mass is 9.99. The van der Waals surface area contributed by atoms with Crippen LogP contribution in [0.5, 0.6) is 0 Å². The number of nitrogens with zero attached hydrogens (tertiary/aromatic N) is 4. The third kappa shape index (κ3) is 4.87. The zero-order valence-electron chi connectivity index (χ0n) is 25.0. The van der Waals surface area contributed by atoms with E-state index in [0.29, 0.717) is 5.56 Å². The molecule has 0 spiro atoms. The first-order valence-corrected chi connectivity index (χ1v) is 15.3. The van der Waals surface area contributed by atoms with Crippen LogP contribution in [0, 0.1) is 11.3 Å². The van der Waals surface area contributed by atoms with Crippen LogP contribution in [0.4, 0.5) is 17.1 Å². The molecule has 0 bridgehead atoms. The number of pyridine rings is 1. The highest BCUT2D eigenvalue weighted by atomic mass is 15.1. The van der Waals surface area contributed by atoms with Crippen LogP contribution >= 0.6 is 0 Å². The van der Waals surface area contributed by atoms with E-state index >= 15 is 0 Å². The lowest BCUT2D eigenvalue weighted by Crippen LogP contribution is -2.09. The molecule has 8 rings (SSSR count). The maximum atomic E-state index is 9.10. The van der Waals surface area contributed by atoms with Crippen molar-refractivity contribution in [2.24, 2.45) is 0 Å². The Morgan fingerprint density at radius 1 is 0.500 bits per heavy atom. The normalized spacial score (nSPS) is 11.0. The Labute approximate surface area is 267 Å². The summed E-state index contributed by atoms with van der Waals surface area (Å²) < 4.78 is 2.25. The number of anilines is 3. The molecule has 0 amide bonds. The maximum absolute atomic E-state index is 9.10. The lowest BCUT2D eigenvalue weighted by molar-refractivity contribution is 1.14. The van der Waals surface area contributed by atoms with Gasteiger partial charge in [-0.2, -0.15) is 5.26 Å². The summed E-state index contributed by atoms with van der Waals surface area (Å²) in [6.45, 7) is 0. The Morgan fingerprint density at radius 3 is 1.61 bits per heavy atom. The van der Waals surface area contributed by atoms with Gasteiger partial charge in [0, 0.05) is 39.7 Å². The van der Waals surface area contributed by atoms with Crippen LogP contribution < -0.4 is 4.90 Å². The first kappa shape index (κ1) is 27.1. The summed E-state index contributed by atoms with van der Waals surface area (Å²) in [5.74, 6) is 0. The highest BCUT2D eigenvalue weighted by Gasteiger charge is 2.17. The van der Waals surface area contributed by atoms with E-state index in [2.05, 4.69) is 137 Å². The molecule has 0 fully saturated rings. The number of rotatable bonds is 6. The Morgan fingerprint density at radius 2 is 1.04 bits per heavy atom. The SMILES string of the molecule is N#Cc1ccc(-c2ccc(-c3ccc(-n4c5ccc(N(c6ccccc6)c6ccccc6)cc5c5cccnc54)cc3)cc2)cc1. The van der Waals surface area contributed by atoms with E-state index in [1.165, 1.54) is 0 Å². The molecule has 0 saturated heterocycles. The number of hydrogen-bond acceptors (Lipinski definition) is 3. The Hall–Kier alpha value is -6.44. The molecule has 0 atom stereocenters. The molecule has 0 radical (unpaired) electrons. The van der Waals surface area contributed by atoms with Gasteiger partial charge in [0.2, 0.25) is 0 Å². The topological polar surface area (TPSA) is 44.9 Å². The van der Waals surface area contributed by atoms with E-state index in [1.807, 2.05) is 48.7 Å². The second-order valence-corrected chi connectivity index (χ2v) is 11.2. The van der Waals surface area contributed by atoms with Crippen molar-refractivity contribution in [2.45, 2.75) is 0 Å². The summed E-state index contributed by atoms with van der Waals surface area (Å²) >= 11 is 0. The Kier molecular flexibility index (Phi) is 6.83. The van der Waals surface area contributed by atoms with Crippen molar-refractivity contribution >= 4 is 39.0 Å². The van der Waals surface area contributed by atoms with Gasteiger partial charge in [-0.05, 0) is 101 Å². The average molecular weight is 589 g/mol. The molecular formula is C42H28N4. The molecule has 4 nitrogen and oxygen atoms in total. The van der Waals surface area contributed by atoms with E-state index < -0.39 is 0 Å². The molecule has 0 aliphatic heterocycles. The van der Waals surface area contributed by atoms with Crippen LogP contribution in [0.1, 0.15) is 5.56 Å². The molecule has 0 N–H and O–H groups in total. The van der Waals surface area contributed by atoms with Gasteiger partial charge in [-0.25, -0.2) is 4.98 Å². The van der Waals surface area contributed by atoms with Gasteiger partial charge in [-0.3, -0.25) is 4.57 Å². The van der Waals surface area contributed by atoms with E-state index in [1.54, 1.807) is 0 Å². The van der Waals surface area contributed by atoms with E-state index in [0.717, 1.165) is 66.9 Å². The van der Waals surface area contributed by atoms with Gasteiger partial charge in [0.25, 0.3) is 0 Å². The third-order valence-corrected chi connectivity index (χ3v) is 8.49. The maximum Gasteiger partial charge on any atom is 0.145 e. The van der Waals surface area contributed by atoms with Crippen LogP contribution in [0.2, 0.25) is 0 Å². The molecular weight excluding hydrogens is 560 g/mol. The Balaban J connectivity index is 1.17. The fourth-order valence-corrected chi connectivity index (χ4v) is 6.23. The number of fused-ring (bicyclic) bond motifs is 3. The predicted octanol–water partition coefficient (Wildman–Crippen LogP) is 10.9. The summed E-state index contributed by atoms with van der Waals surface area (Å²) in [4.78, 5) is 7.14. The highest BCUT2D eigenvalue weighted by Crippen LogP contribution is 2.39. The average Bonchev–Trinajstić information content (AvgIpc) is 3.47. The minimum absolute atomic E-state index is 0.667. The van der Waals surface area contributed by atoms with Crippen LogP contribution in [-0.2, 0) is 0 Å². The number of aromatic nitrogens is 2. The fourth-order valence-electron chi connectivity index (χ4n) is 6.23. The minimum Gasteiger partial charge on any atom is -0.310 e. The van der Waals surface area contributed by atoms with Crippen molar-refractivity contribution in [1.29, 1.82) is 5.26 Å². The first-order valence-electron chi connectivity index (χ1n) is 15.3. The molecule has 0 saturated carbocycles. The summed E-state index contributed by atoms with van der Waals surface area (Å²) in [6.07, 6.45) is 1.86. The molecule has 8 aromatic rings. The summed E-state index contributed by atoms with van der Waals surface area (Å²) in [5.41, 5.74) is 11.6. The zero-order valence-corrected chi connectivity index (χ0v) is 25.0. The van der Waals surface area contributed by atoms with Crippen molar-refractivity contribution in [1.82, 2.24) is 9.55 Å². The van der Waals surface area contributed by atoms with Crippen LogP contribution in [0.25, 0.3) is 49.9 Å². The predicted molar refractivity (Wildman–Crippen MR) is 189 cm³/mol. The van der Waals surface area contributed by atoms with Crippen molar-refractivity contribution in [2.75, 3.05) is 4.90 Å². The summed E-state index contributed by atoms with van der Waals surface area (Å²) in [5, 5.41) is 11.4. The van der Waals surface area contributed by atoms with Crippen molar-refractivity contribution < 1.29 is 0 Å². The summed E-state index contributed by atoms with van der Waals surface area (Å²) in [7, 11) is 0. The van der Waals surface area contributed by atoms with Crippen molar-refractivity contribution in [3.8, 4) is 34.0 Å².